The van der Waals surface area contributed by atoms with Crippen LogP contribution >= 0.6 is 0 Å². The number of aliphatic hydroxyl groups is 1. The van der Waals surface area contributed by atoms with Crippen LogP contribution in [0.15, 0.2) is 18.2 Å². The number of carbonyl (C=O) groups is 1. The van der Waals surface area contributed by atoms with Gasteiger partial charge < -0.3 is 20.2 Å². The predicted molar refractivity (Wildman–Crippen MR) is 81.4 cm³/mol. The second-order valence-corrected chi connectivity index (χ2v) is 5.27. The summed E-state index contributed by atoms with van der Waals surface area (Å²) in [6, 6.07) is 5.93. The zero-order chi connectivity index (χ0) is 14.5. The van der Waals surface area contributed by atoms with Crippen molar-refractivity contribution in [2.24, 2.45) is 0 Å². The minimum Gasteiger partial charge on any atom is -0.395 e. The van der Waals surface area contributed by atoms with Crippen LogP contribution in [0.25, 0.3) is 0 Å². The van der Waals surface area contributed by atoms with E-state index >= 15 is 0 Å². The Morgan fingerprint density at radius 2 is 2.10 bits per heavy atom. The summed E-state index contributed by atoms with van der Waals surface area (Å²) in [5.74, 6) is 0. The van der Waals surface area contributed by atoms with Gasteiger partial charge in [0.1, 0.15) is 0 Å². The van der Waals surface area contributed by atoms with Crippen molar-refractivity contribution in [3.63, 3.8) is 0 Å². The number of benzene rings is 1. The summed E-state index contributed by atoms with van der Waals surface area (Å²) in [5, 5.41) is 11.7. The standard InChI is InChI=1S/C15H23N3O2/c1-12-11-13(18-7-3-4-8-18)5-6-14(12)16-15(20)17(2)9-10-19/h5-6,11,19H,3-4,7-10H2,1-2H3,(H,16,20). The number of rotatable bonds is 4. The van der Waals surface area contributed by atoms with Gasteiger partial charge in [-0.2, -0.15) is 0 Å². The van der Waals surface area contributed by atoms with Gasteiger partial charge in [0, 0.05) is 38.1 Å². The first-order valence-corrected chi connectivity index (χ1v) is 7.10. The van der Waals surface area contributed by atoms with E-state index < -0.39 is 0 Å². The van der Waals surface area contributed by atoms with Crippen LogP contribution in [0.2, 0.25) is 0 Å². The minimum atomic E-state index is -0.198. The zero-order valence-corrected chi connectivity index (χ0v) is 12.2. The van der Waals surface area contributed by atoms with E-state index in [2.05, 4.69) is 22.3 Å². The highest BCUT2D eigenvalue weighted by Gasteiger charge is 2.14. The molecule has 0 radical (unpaired) electrons. The third kappa shape index (κ3) is 3.42. The fourth-order valence-electron chi connectivity index (χ4n) is 2.42. The topological polar surface area (TPSA) is 55.8 Å². The Labute approximate surface area is 120 Å². The van der Waals surface area contributed by atoms with E-state index in [0.717, 1.165) is 24.3 Å². The Morgan fingerprint density at radius 1 is 1.40 bits per heavy atom. The highest BCUT2D eigenvalue weighted by Crippen LogP contribution is 2.25. The van der Waals surface area contributed by atoms with Gasteiger partial charge in [-0.1, -0.05) is 0 Å². The smallest absolute Gasteiger partial charge is 0.321 e. The molecule has 5 nitrogen and oxygen atoms in total. The molecule has 1 fully saturated rings. The number of hydrogen-bond donors (Lipinski definition) is 2. The monoisotopic (exact) mass is 277 g/mol. The second kappa shape index (κ2) is 6.61. The van der Waals surface area contributed by atoms with Gasteiger partial charge in [0.2, 0.25) is 0 Å². The predicted octanol–water partition coefficient (Wildman–Crippen LogP) is 2.05. The molecule has 1 aliphatic rings. The van der Waals surface area contributed by atoms with Crippen LogP contribution in [0.5, 0.6) is 0 Å². The van der Waals surface area contributed by atoms with E-state index in [0.29, 0.717) is 6.54 Å². The number of aryl methyl sites for hydroxylation is 1. The SMILES string of the molecule is Cc1cc(N2CCCC2)ccc1NC(=O)N(C)CCO. The molecule has 1 heterocycles. The number of urea groups is 1. The molecule has 2 N–H and O–H groups in total. The van der Waals surface area contributed by atoms with Crippen LogP contribution in [0.4, 0.5) is 16.2 Å². The summed E-state index contributed by atoms with van der Waals surface area (Å²) >= 11 is 0. The van der Waals surface area contributed by atoms with E-state index in [1.54, 1.807) is 7.05 Å². The van der Waals surface area contributed by atoms with Gasteiger partial charge in [-0.25, -0.2) is 4.79 Å². The molecule has 0 spiro atoms. The molecule has 1 aromatic rings. The van der Waals surface area contributed by atoms with E-state index in [-0.39, 0.29) is 12.6 Å². The molecule has 5 heteroatoms. The maximum atomic E-state index is 11.9. The van der Waals surface area contributed by atoms with E-state index in [9.17, 15) is 4.79 Å². The highest BCUT2D eigenvalue weighted by molar-refractivity contribution is 5.90. The first kappa shape index (κ1) is 14.7. The maximum Gasteiger partial charge on any atom is 0.321 e. The van der Waals surface area contributed by atoms with Gasteiger partial charge in [0.15, 0.2) is 0 Å². The first-order chi connectivity index (χ1) is 9.61. The number of amides is 2. The van der Waals surface area contributed by atoms with Gasteiger partial charge in [0.05, 0.1) is 6.61 Å². The molecule has 2 amide bonds. The number of nitrogens with zero attached hydrogens (tertiary/aromatic N) is 2. The molecule has 110 valence electrons. The lowest BCUT2D eigenvalue weighted by Crippen LogP contribution is -2.33. The summed E-state index contributed by atoms with van der Waals surface area (Å²) in [6.07, 6.45) is 2.51. The van der Waals surface area contributed by atoms with E-state index in [4.69, 9.17) is 5.11 Å². The van der Waals surface area contributed by atoms with Crippen molar-refractivity contribution >= 4 is 17.4 Å². The number of hydrogen-bond acceptors (Lipinski definition) is 3. The second-order valence-electron chi connectivity index (χ2n) is 5.27. The quantitative estimate of drug-likeness (QED) is 0.885. The fraction of sp³-hybridized carbons (Fsp3) is 0.533. The van der Waals surface area contributed by atoms with Crippen LogP contribution in [0.1, 0.15) is 18.4 Å². The van der Waals surface area contributed by atoms with Crippen molar-refractivity contribution in [2.45, 2.75) is 19.8 Å². The van der Waals surface area contributed by atoms with Gasteiger partial charge in [-0.15, -0.1) is 0 Å². The lowest BCUT2D eigenvalue weighted by Gasteiger charge is -2.21. The Balaban J connectivity index is 2.04. The summed E-state index contributed by atoms with van der Waals surface area (Å²) < 4.78 is 0. The molecule has 1 saturated heterocycles. The fourth-order valence-corrected chi connectivity index (χ4v) is 2.42. The average Bonchev–Trinajstić information content (AvgIpc) is 2.95. The van der Waals surface area contributed by atoms with Gasteiger partial charge >= 0.3 is 6.03 Å². The van der Waals surface area contributed by atoms with E-state index in [1.807, 2.05) is 13.0 Å². The summed E-state index contributed by atoms with van der Waals surface area (Å²) in [6.45, 7) is 4.53. The molecule has 0 unspecified atom stereocenters. The Morgan fingerprint density at radius 3 is 2.70 bits per heavy atom. The van der Waals surface area contributed by atoms with Crippen LogP contribution in [0.3, 0.4) is 0 Å². The normalized spacial score (nSPS) is 14.4. The molecular formula is C15H23N3O2. The van der Waals surface area contributed by atoms with Crippen molar-refractivity contribution in [3.8, 4) is 0 Å². The largest absolute Gasteiger partial charge is 0.395 e. The van der Waals surface area contributed by atoms with Gasteiger partial charge in [-0.3, -0.25) is 0 Å². The van der Waals surface area contributed by atoms with Crippen molar-refractivity contribution in [3.05, 3.63) is 23.8 Å². The van der Waals surface area contributed by atoms with Crippen molar-refractivity contribution in [2.75, 3.05) is 43.5 Å². The lowest BCUT2D eigenvalue weighted by molar-refractivity contribution is 0.202. The van der Waals surface area contributed by atoms with Crippen molar-refractivity contribution < 1.29 is 9.90 Å². The van der Waals surface area contributed by atoms with E-state index in [1.165, 1.54) is 23.4 Å². The van der Waals surface area contributed by atoms with Crippen LogP contribution in [0, 0.1) is 6.92 Å². The van der Waals surface area contributed by atoms with Crippen LogP contribution in [-0.4, -0.2) is 49.3 Å². The number of anilines is 2. The molecule has 1 aliphatic heterocycles. The number of likely N-dealkylation sites (N-methyl/N-ethyl adjacent to an activating group) is 1. The molecule has 0 saturated carbocycles. The number of nitrogens with one attached hydrogen (secondary N) is 1. The maximum absolute atomic E-state index is 11.9. The molecule has 0 aromatic heterocycles. The molecular weight excluding hydrogens is 254 g/mol. The van der Waals surface area contributed by atoms with Gasteiger partial charge in [-0.05, 0) is 43.5 Å². The Hall–Kier alpha value is -1.75. The lowest BCUT2D eigenvalue weighted by atomic mass is 10.1. The third-order valence-corrected chi connectivity index (χ3v) is 3.70. The van der Waals surface area contributed by atoms with Crippen LogP contribution < -0.4 is 10.2 Å². The average molecular weight is 277 g/mol. The van der Waals surface area contributed by atoms with Crippen molar-refractivity contribution in [1.82, 2.24) is 4.90 Å². The van der Waals surface area contributed by atoms with Gasteiger partial charge in [0.25, 0.3) is 0 Å². The zero-order valence-electron chi connectivity index (χ0n) is 12.2. The Kier molecular flexibility index (Phi) is 4.84. The molecule has 20 heavy (non-hydrogen) atoms. The minimum absolute atomic E-state index is 0.0310. The van der Waals surface area contributed by atoms with Crippen LogP contribution in [-0.2, 0) is 0 Å². The summed E-state index contributed by atoms with van der Waals surface area (Å²) in [4.78, 5) is 15.7. The number of aliphatic hydroxyl groups excluding tert-OH is 1. The molecule has 0 aliphatic carbocycles. The molecule has 0 atom stereocenters. The summed E-state index contributed by atoms with van der Waals surface area (Å²) in [5.41, 5.74) is 3.10. The number of carbonyl (C=O) groups excluding carboxylic acids is 1. The molecule has 1 aromatic carbocycles. The van der Waals surface area contributed by atoms with Crippen molar-refractivity contribution in [1.29, 1.82) is 0 Å². The molecule has 0 bridgehead atoms. The first-order valence-electron chi connectivity index (χ1n) is 7.10. The third-order valence-electron chi connectivity index (χ3n) is 3.70. The molecule has 2 rings (SSSR count). The summed E-state index contributed by atoms with van der Waals surface area (Å²) in [7, 11) is 1.67. The highest BCUT2D eigenvalue weighted by atomic mass is 16.3. The Bertz CT molecular complexity index is 470.